The standard InChI is InChI=1S/C6H6N4O/c7-5-1-3-10(9-5)6-8-2-4-11-6/h1-4H,(H2,7,9). The summed E-state index contributed by atoms with van der Waals surface area (Å²) in [4.78, 5) is 3.88. The van der Waals surface area contributed by atoms with Crippen LogP contribution < -0.4 is 5.73 Å². The van der Waals surface area contributed by atoms with Gasteiger partial charge in [0.2, 0.25) is 0 Å². The fraction of sp³-hybridized carbons (Fsp3) is 0. The minimum Gasteiger partial charge on any atom is -0.431 e. The lowest BCUT2D eigenvalue weighted by molar-refractivity contribution is 0.510. The van der Waals surface area contributed by atoms with Crippen LogP contribution in [0.15, 0.2) is 29.1 Å². The van der Waals surface area contributed by atoms with Gasteiger partial charge >= 0.3 is 6.01 Å². The largest absolute Gasteiger partial charge is 0.431 e. The molecule has 0 unspecified atom stereocenters. The van der Waals surface area contributed by atoms with Crippen LogP contribution in [-0.2, 0) is 0 Å². The van der Waals surface area contributed by atoms with Crippen LogP contribution in [0.1, 0.15) is 0 Å². The number of oxazole rings is 1. The maximum Gasteiger partial charge on any atom is 0.322 e. The molecule has 0 amide bonds. The summed E-state index contributed by atoms with van der Waals surface area (Å²) in [6, 6.07) is 2.09. The van der Waals surface area contributed by atoms with Crippen molar-refractivity contribution in [3.8, 4) is 6.01 Å². The molecule has 0 saturated carbocycles. The summed E-state index contributed by atoms with van der Waals surface area (Å²) in [7, 11) is 0. The topological polar surface area (TPSA) is 69.9 Å². The Hall–Kier alpha value is -1.78. The van der Waals surface area contributed by atoms with Crippen molar-refractivity contribution in [1.29, 1.82) is 0 Å². The van der Waals surface area contributed by atoms with Gasteiger partial charge in [0.05, 0.1) is 6.20 Å². The first-order chi connectivity index (χ1) is 5.36. The first kappa shape index (κ1) is 5.96. The van der Waals surface area contributed by atoms with E-state index in [4.69, 9.17) is 10.2 Å². The number of nitrogens with zero attached hydrogens (tertiary/aromatic N) is 3. The number of aromatic nitrogens is 3. The molecule has 5 nitrogen and oxygen atoms in total. The van der Waals surface area contributed by atoms with E-state index in [2.05, 4.69) is 10.1 Å². The molecule has 56 valence electrons. The Kier molecular flexibility index (Phi) is 1.15. The SMILES string of the molecule is Nc1ccn(-c2ncco2)n1. The van der Waals surface area contributed by atoms with Gasteiger partial charge in [-0.3, -0.25) is 0 Å². The monoisotopic (exact) mass is 150 g/mol. The molecule has 0 bridgehead atoms. The van der Waals surface area contributed by atoms with Gasteiger partial charge in [-0.25, -0.2) is 4.98 Å². The maximum absolute atomic E-state index is 5.38. The Morgan fingerprint density at radius 2 is 2.45 bits per heavy atom. The lowest BCUT2D eigenvalue weighted by atomic mass is 10.7. The molecular formula is C6H6N4O. The zero-order chi connectivity index (χ0) is 7.68. The van der Waals surface area contributed by atoms with Gasteiger partial charge in [-0.2, -0.15) is 4.68 Å². The average molecular weight is 150 g/mol. The highest BCUT2D eigenvalue weighted by molar-refractivity contribution is 5.26. The summed E-state index contributed by atoms with van der Waals surface area (Å²) in [5, 5.41) is 3.89. The van der Waals surface area contributed by atoms with Crippen molar-refractivity contribution in [2.75, 3.05) is 5.73 Å². The van der Waals surface area contributed by atoms with Crippen molar-refractivity contribution in [2.24, 2.45) is 0 Å². The van der Waals surface area contributed by atoms with E-state index >= 15 is 0 Å². The van der Waals surface area contributed by atoms with Crippen LogP contribution >= 0.6 is 0 Å². The summed E-state index contributed by atoms with van der Waals surface area (Å²) in [6.45, 7) is 0. The third kappa shape index (κ3) is 0.958. The number of anilines is 1. The molecule has 0 aliphatic carbocycles. The van der Waals surface area contributed by atoms with E-state index in [0.717, 1.165) is 0 Å². The molecule has 5 heteroatoms. The van der Waals surface area contributed by atoms with Crippen molar-refractivity contribution in [3.63, 3.8) is 0 Å². The predicted molar refractivity (Wildman–Crippen MR) is 38.0 cm³/mol. The lowest BCUT2D eigenvalue weighted by Gasteiger charge is -1.89. The summed E-state index contributed by atoms with van der Waals surface area (Å²) in [5.74, 6) is 0.447. The quantitative estimate of drug-likeness (QED) is 0.640. The first-order valence-corrected chi connectivity index (χ1v) is 3.07. The van der Waals surface area contributed by atoms with Crippen molar-refractivity contribution < 1.29 is 4.42 Å². The minimum absolute atomic E-state index is 0.418. The number of rotatable bonds is 1. The first-order valence-electron chi connectivity index (χ1n) is 3.07. The number of hydrogen-bond donors (Lipinski definition) is 1. The van der Waals surface area contributed by atoms with Gasteiger partial charge in [0, 0.05) is 12.3 Å². The van der Waals surface area contributed by atoms with Crippen LogP contribution in [0.2, 0.25) is 0 Å². The van der Waals surface area contributed by atoms with Crippen LogP contribution in [0, 0.1) is 0 Å². The Morgan fingerprint density at radius 3 is 3.00 bits per heavy atom. The molecule has 2 rings (SSSR count). The second-order valence-electron chi connectivity index (χ2n) is 2.00. The smallest absolute Gasteiger partial charge is 0.322 e. The molecule has 0 aliphatic heterocycles. The fourth-order valence-electron chi connectivity index (χ4n) is 0.774. The average Bonchev–Trinajstić information content (AvgIpc) is 2.55. The zero-order valence-electron chi connectivity index (χ0n) is 5.64. The summed E-state index contributed by atoms with van der Waals surface area (Å²) in [5.41, 5.74) is 5.38. The van der Waals surface area contributed by atoms with E-state index in [-0.39, 0.29) is 0 Å². The van der Waals surface area contributed by atoms with Crippen LogP contribution in [0.25, 0.3) is 6.01 Å². The molecule has 0 atom stereocenters. The van der Waals surface area contributed by atoms with Crippen LogP contribution in [0.3, 0.4) is 0 Å². The highest BCUT2D eigenvalue weighted by atomic mass is 16.4. The predicted octanol–water partition coefficient (Wildman–Crippen LogP) is 0.443. The van der Waals surface area contributed by atoms with Gasteiger partial charge in [-0.15, -0.1) is 5.10 Å². The van der Waals surface area contributed by atoms with Crippen LogP contribution in [0.5, 0.6) is 0 Å². The Labute approximate surface area is 62.4 Å². The normalized spacial score (nSPS) is 10.2. The fourth-order valence-corrected chi connectivity index (χ4v) is 0.774. The number of hydrogen-bond acceptors (Lipinski definition) is 4. The summed E-state index contributed by atoms with van der Waals surface area (Å²) < 4.78 is 6.43. The Morgan fingerprint density at radius 1 is 1.55 bits per heavy atom. The molecule has 0 spiro atoms. The van der Waals surface area contributed by atoms with Gasteiger partial charge < -0.3 is 10.2 Å². The summed E-state index contributed by atoms with van der Waals surface area (Å²) >= 11 is 0. The zero-order valence-corrected chi connectivity index (χ0v) is 5.64. The molecule has 2 aromatic heterocycles. The molecule has 11 heavy (non-hydrogen) atoms. The van der Waals surface area contributed by atoms with Crippen molar-refractivity contribution in [2.45, 2.75) is 0 Å². The number of nitrogens with two attached hydrogens (primary N) is 1. The van der Waals surface area contributed by atoms with Crippen molar-refractivity contribution in [1.82, 2.24) is 14.8 Å². The van der Waals surface area contributed by atoms with E-state index in [0.29, 0.717) is 11.8 Å². The molecule has 0 aliphatic rings. The highest BCUT2D eigenvalue weighted by Gasteiger charge is 2.00. The maximum atomic E-state index is 5.38. The molecular weight excluding hydrogens is 144 g/mol. The van der Waals surface area contributed by atoms with Crippen LogP contribution in [0.4, 0.5) is 5.82 Å². The second kappa shape index (κ2) is 2.12. The van der Waals surface area contributed by atoms with E-state index in [1.54, 1.807) is 18.5 Å². The Balaban J connectivity index is 2.45. The molecule has 2 heterocycles. The summed E-state index contributed by atoms with van der Waals surface area (Å²) in [6.07, 6.45) is 4.71. The molecule has 0 saturated heterocycles. The molecule has 0 fully saturated rings. The Bertz CT molecular complexity index is 337. The van der Waals surface area contributed by atoms with Gasteiger partial charge in [0.15, 0.2) is 0 Å². The third-order valence-electron chi connectivity index (χ3n) is 1.22. The van der Waals surface area contributed by atoms with Gasteiger partial charge in [0.25, 0.3) is 0 Å². The van der Waals surface area contributed by atoms with Gasteiger partial charge in [-0.1, -0.05) is 0 Å². The number of nitrogen functional groups attached to an aromatic ring is 1. The van der Waals surface area contributed by atoms with E-state index in [1.807, 2.05) is 0 Å². The van der Waals surface area contributed by atoms with E-state index in [1.165, 1.54) is 10.9 Å². The highest BCUT2D eigenvalue weighted by Crippen LogP contribution is 2.04. The molecule has 0 radical (unpaired) electrons. The van der Waals surface area contributed by atoms with Gasteiger partial charge in [0.1, 0.15) is 12.1 Å². The van der Waals surface area contributed by atoms with E-state index in [9.17, 15) is 0 Å². The minimum atomic E-state index is 0.418. The van der Waals surface area contributed by atoms with E-state index < -0.39 is 0 Å². The molecule has 2 aromatic rings. The van der Waals surface area contributed by atoms with Crippen LogP contribution in [-0.4, -0.2) is 14.8 Å². The van der Waals surface area contributed by atoms with Gasteiger partial charge in [-0.05, 0) is 0 Å². The molecule has 2 N–H and O–H groups in total. The van der Waals surface area contributed by atoms with Crippen molar-refractivity contribution in [3.05, 3.63) is 24.7 Å². The van der Waals surface area contributed by atoms with Crippen molar-refractivity contribution >= 4 is 5.82 Å². The molecule has 0 aromatic carbocycles. The lowest BCUT2D eigenvalue weighted by Crippen LogP contribution is -1.95. The second-order valence-corrected chi connectivity index (χ2v) is 2.00. The third-order valence-corrected chi connectivity index (χ3v) is 1.22.